The topological polar surface area (TPSA) is 9.23 Å². The lowest BCUT2D eigenvalue weighted by molar-refractivity contribution is 0.221. The van der Waals surface area contributed by atoms with Crippen LogP contribution in [0.4, 0.5) is 0 Å². The van der Waals surface area contributed by atoms with Gasteiger partial charge in [-0.15, -0.1) is 0 Å². The molecule has 0 amide bonds. The Morgan fingerprint density at radius 2 is 1.36 bits per heavy atom. The SMILES string of the molecule is CCCCCCCCc1ccc(-c2ccc(OCC3CC[CH]CC3)cc2)cc1. The van der Waals surface area contributed by atoms with Crippen molar-refractivity contribution in [2.45, 2.75) is 77.6 Å². The second kappa shape index (κ2) is 11.9. The molecule has 0 atom stereocenters. The summed E-state index contributed by atoms with van der Waals surface area (Å²) >= 11 is 0. The lowest BCUT2D eigenvalue weighted by Gasteiger charge is -2.21. The van der Waals surface area contributed by atoms with Crippen LogP contribution in [0.1, 0.15) is 76.7 Å². The van der Waals surface area contributed by atoms with Crippen molar-refractivity contribution < 1.29 is 4.74 Å². The van der Waals surface area contributed by atoms with Crippen LogP contribution in [-0.2, 0) is 6.42 Å². The Morgan fingerprint density at radius 1 is 0.750 bits per heavy atom. The van der Waals surface area contributed by atoms with E-state index in [2.05, 4.69) is 61.9 Å². The summed E-state index contributed by atoms with van der Waals surface area (Å²) in [5.74, 6) is 1.72. The molecule has 0 N–H and O–H groups in total. The first-order valence-corrected chi connectivity index (χ1v) is 11.5. The van der Waals surface area contributed by atoms with E-state index in [0.29, 0.717) is 0 Å². The molecule has 0 aliphatic heterocycles. The summed E-state index contributed by atoms with van der Waals surface area (Å²) in [7, 11) is 0. The predicted molar refractivity (Wildman–Crippen MR) is 121 cm³/mol. The first-order chi connectivity index (χ1) is 13.8. The third-order valence-corrected chi connectivity index (χ3v) is 6.00. The van der Waals surface area contributed by atoms with Crippen LogP contribution < -0.4 is 4.74 Å². The van der Waals surface area contributed by atoms with Gasteiger partial charge in [0.1, 0.15) is 5.75 Å². The Balaban J connectivity index is 1.43. The fourth-order valence-corrected chi connectivity index (χ4v) is 4.09. The van der Waals surface area contributed by atoms with Crippen LogP contribution in [0.5, 0.6) is 5.75 Å². The van der Waals surface area contributed by atoms with Gasteiger partial charge in [0.25, 0.3) is 0 Å². The second-order valence-corrected chi connectivity index (χ2v) is 8.36. The zero-order valence-electron chi connectivity index (χ0n) is 17.7. The molecule has 0 bridgehead atoms. The number of hydrogen-bond donors (Lipinski definition) is 0. The normalized spacial score (nSPS) is 14.9. The third kappa shape index (κ3) is 7.00. The molecule has 1 radical (unpaired) electrons. The molecule has 1 saturated carbocycles. The van der Waals surface area contributed by atoms with Gasteiger partial charge in [0.2, 0.25) is 0 Å². The predicted octanol–water partition coefficient (Wildman–Crippen LogP) is 8.03. The first-order valence-electron chi connectivity index (χ1n) is 11.5. The van der Waals surface area contributed by atoms with Crippen LogP contribution in [0.25, 0.3) is 11.1 Å². The molecule has 151 valence electrons. The highest BCUT2D eigenvalue weighted by Crippen LogP contribution is 2.26. The molecular weight excluding hydrogens is 340 g/mol. The van der Waals surface area contributed by atoms with Gasteiger partial charge >= 0.3 is 0 Å². The number of benzene rings is 2. The molecule has 1 nitrogen and oxygen atoms in total. The van der Waals surface area contributed by atoms with Crippen LogP contribution in [0.3, 0.4) is 0 Å². The van der Waals surface area contributed by atoms with Gasteiger partial charge in [-0.05, 0) is 79.7 Å². The highest BCUT2D eigenvalue weighted by atomic mass is 16.5. The van der Waals surface area contributed by atoms with E-state index < -0.39 is 0 Å². The zero-order chi connectivity index (χ0) is 19.4. The van der Waals surface area contributed by atoms with Crippen LogP contribution in [0.15, 0.2) is 48.5 Å². The Labute approximate surface area is 172 Å². The number of hydrogen-bond acceptors (Lipinski definition) is 1. The quantitative estimate of drug-likeness (QED) is 0.360. The smallest absolute Gasteiger partial charge is 0.119 e. The van der Waals surface area contributed by atoms with Gasteiger partial charge in [0.05, 0.1) is 6.61 Å². The molecule has 3 rings (SSSR count). The lowest BCUT2D eigenvalue weighted by atomic mass is 9.90. The number of ether oxygens (including phenoxy) is 1. The van der Waals surface area contributed by atoms with Crippen molar-refractivity contribution >= 4 is 0 Å². The standard InChI is InChI=1S/C27H37O/c1-2-3-4-5-6-8-11-23-14-16-25(17-15-23)26-18-20-27(21-19-26)28-22-24-12-9-7-10-13-24/h7,14-21,24H,2-6,8-13,22H2,1H3. The van der Waals surface area contributed by atoms with Crippen molar-refractivity contribution in [1.29, 1.82) is 0 Å². The molecule has 2 aromatic rings. The molecular formula is C27H37O. The molecule has 0 unspecified atom stereocenters. The minimum atomic E-state index is 0.726. The number of aryl methyl sites for hydroxylation is 1. The van der Waals surface area contributed by atoms with E-state index in [9.17, 15) is 0 Å². The zero-order valence-corrected chi connectivity index (χ0v) is 17.7. The van der Waals surface area contributed by atoms with Crippen molar-refractivity contribution in [3.63, 3.8) is 0 Å². The van der Waals surface area contributed by atoms with E-state index in [0.717, 1.165) is 18.3 Å². The van der Waals surface area contributed by atoms with Crippen molar-refractivity contribution in [3.05, 3.63) is 60.5 Å². The Bertz CT molecular complexity index is 650. The van der Waals surface area contributed by atoms with Crippen LogP contribution in [0.2, 0.25) is 0 Å². The van der Waals surface area contributed by atoms with Gasteiger partial charge in [0, 0.05) is 0 Å². The van der Waals surface area contributed by atoms with Crippen LogP contribution in [-0.4, -0.2) is 6.61 Å². The molecule has 1 heteroatoms. The molecule has 1 aliphatic rings. The van der Waals surface area contributed by atoms with E-state index in [1.165, 1.54) is 87.3 Å². The summed E-state index contributed by atoms with van der Waals surface area (Å²) in [5, 5.41) is 0. The molecule has 1 aliphatic carbocycles. The average molecular weight is 378 g/mol. The van der Waals surface area contributed by atoms with E-state index in [-0.39, 0.29) is 0 Å². The highest BCUT2D eigenvalue weighted by molar-refractivity contribution is 5.64. The maximum atomic E-state index is 6.02. The second-order valence-electron chi connectivity index (χ2n) is 8.36. The summed E-state index contributed by atoms with van der Waals surface area (Å²) < 4.78 is 6.02. The molecule has 0 spiro atoms. The van der Waals surface area contributed by atoms with Crippen LogP contribution >= 0.6 is 0 Å². The van der Waals surface area contributed by atoms with Crippen molar-refractivity contribution in [3.8, 4) is 16.9 Å². The third-order valence-electron chi connectivity index (χ3n) is 6.00. The molecule has 1 fully saturated rings. The van der Waals surface area contributed by atoms with Gasteiger partial charge in [-0.25, -0.2) is 0 Å². The van der Waals surface area contributed by atoms with E-state index in [4.69, 9.17) is 4.74 Å². The largest absolute Gasteiger partial charge is 0.493 e. The van der Waals surface area contributed by atoms with Crippen LogP contribution in [0, 0.1) is 12.3 Å². The first kappa shape index (κ1) is 21.0. The minimum Gasteiger partial charge on any atom is -0.493 e. The minimum absolute atomic E-state index is 0.726. The van der Waals surface area contributed by atoms with Gasteiger partial charge in [0.15, 0.2) is 0 Å². The Morgan fingerprint density at radius 3 is 2.04 bits per heavy atom. The van der Waals surface area contributed by atoms with Crippen molar-refractivity contribution in [1.82, 2.24) is 0 Å². The molecule has 28 heavy (non-hydrogen) atoms. The van der Waals surface area contributed by atoms with E-state index in [1.54, 1.807) is 0 Å². The van der Waals surface area contributed by atoms with Crippen molar-refractivity contribution in [2.24, 2.45) is 5.92 Å². The monoisotopic (exact) mass is 377 g/mol. The average Bonchev–Trinajstić information content (AvgIpc) is 2.76. The summed E-state index contributed by atoms with van der Waals surface area (Å²) in [6, 6.07) is 17.7. The summed E-state index contributed by atoms with van der Waals surface area (Å²) in [5.41, 5.74) is 4.02. The molecule has 0 aromatic heterocycles. The van der Waals surface area contributed by atoms with Gasteiger partial charge < -0.3 is 4.74 Å². The maximum Gasteiger partial charge on any atom is 0.119 e. The van der Waals surface area contributed by atoms with Crippen molar-refractivity contribution in [2.75, 3.05) is 6.61 Å². The Kier molecular flexibility index (Phi) is 8.94. The summed E-state index contributed by atoms with van der Waals surface area (Å²) in [6.45, 7) is 3.14. The van der Waals surface area contributed by atoms with Gasteiger partial charge in [-0.3, -0.25) is 0 Å². The fraction of sp³-hybridized carbons (Fsp3) is 0.519. The Hall–Kier alpha value is -1.76. The highest BCUT2D eigenvalue weighted by Gasteiger charge is 2.14. The number of unbranched alkanes of at least 4 members (excludes halogenated alkanes) is 5. The lowest BCUT2D eigenvalue weighted by Crippen LogP contribution is -2.15. The number of rotatable bonds is 11. The summed E-state index contributed by atoms with van der Waals surface area (Å²) in [4.78, 5) is 0. The molecule has 0 saturated heterocycles. The fourth-order valence-electron chi connectivity index (χ4n) is 4.09. The molecule has 2 aromatic carbocycles. The summed E-state index contributed by atoms with van der Waals surface area (Å²) in [6.07, 6.45) is 16.9. The molecule has 0 heterocycles. The van der Waals surface area contributed by atoms with E-state index >= 15 is 0 Å². The maximum absolute atomic E-state index is 6.02. The van der Waals surface area contributed by atoms with Gasteiger partial charge in [-0.1, -0.05) is 75.4 Å². The van der Waals surface area contributed by atoms with E-state index in [1.807, 2.05) is 0 Å². The van der Waals surface area contributed by atoms with Gasteiger partial charge in [-0.2, -0.15) is 0 Å².